The zero-order chi connectivity index (χ0) is 19.2. The van der Waals surface area contributed by atoms with Crippen molar-refractivity contribution in [1.82, 2.24) is 15.3 Å². The smallest absolute Gasteiger partial charge is 0.345 e. The number of hydrogen-bond donors (Lipinski definition) is 2. The van der Waals surface area contributed by atoms with Gasteiger partial charge in [-0.2, -0.15) is 13.2 Å². The quantitative estimate of drug-likeness (QED) is 0.710. The van der Waals surface area contributed by atoms with Gasteiger partial charge in [-0.25, -0.2) is 4.98 Å². The summed E-state index contributed by atoms with van der Waals surface area (Å²) >= 11 is 0. The van der Waals surface area contributed by atoms with Crippen LogP contribution in [-0.2, 0) is 11.0 Å². The van der Waals surface area contributed by atoms with E-state index in [1.165, 1.54) is 6.07 Å². The molecule has 0 unspecified atom stereocenters. The predicted octanol–water partition coefficient (Wildman–Crippen LogP) is 4.44. The van der Waals surface area contributed by atoms with Gasteiger partial charge >= 0.3 is 6.18 Å². The minimum absolute atomic E-state index is 0.00364. The highest BCUT2D eigenvalue weighted by atomic mass is 19.4. The van der Waals surface area contributed by atoms with Gasteiger partial charge in [-0.05, 0) is 35.6 Å². The SMILES string of the molecule is C[C@@H]1C[C@H]1C(=O)N[C@@H](c1ccccc1)c1ccc2nc(C(F)(F)F)[nH]c2c1. The van der Waals surface area contributed by atoms with Crippen molar-refractivity contribution in [2.24, 2.45) is 11.8 Å². The lowest BCUT2D eigenvalue weighted by molar-refractivity contribution is -0.144. The molecular formula is C20H18F3N3O. The Morgan fingerprint density at radius 3 is 2.52 bits per heavy atom. The number of H-pyrrole nitrogens is 1. The highest BCUT2D eigenvalue weighted by Gasteiger charge is 2.40. The number of carbonyl (C=O) groups excluding carboxylic acids is 1. The molecule has 4 rings (SSSR count). The van der Waals surface area contributed by atoms with E-state index in [0.717, 1.165) is 12.0 Å². The Labute approximate surface area is 153 Å². The number of aromatic nitrogens is 2. The first kappa shape index (κ1) is 17.6. The molecule has 1 fully saturated rings. The average Bonchev–Trinajstić information content (AvgIpc) is 3.20. The fourth-order valence-corrected chi connectivity index (χ4v) is 3.28. The number of alkyl halides is 3. The molecule has 1 heterocycles. The van der Waals surface area contributed by atoms with Gasteiger partial charge in [-0.1, -0.05) is 43.3 Å². The van der Waals surface area contributed by atoms with E-state index in [1.54, 1.807) is 12.1 Å². The molecule has 3 atom stereocenters. The van der Waals surface area contributed by atoms with Crippen molar-refractivity contribution < 1.29 is 18.0 Å². The van der Waals surface area contributed by atoms with Crippen LogP contribution in [0.2, 0.25) is 0 Å². The Morgan fingerprint density at radius 1 is 1.19 bits per heavy atom. The molecule has 27 heavy (non-hydrogen) atoms. The highest BCUT2D eigenvalue weighted by molar-refractivity contribution is 5.83. The van der Waals surface area contributed by atoms with Gasteiger partial charge < -0.3 is 10.3 Å². The molecular weight excluding hydrogens is 355 g/mol. The van der Waals surface area contributed by atoms with Crippen molar-refractivity contribution in [2.75, 3.05) is 0 Å². The Morgan fingerprint density at radius 2 is 1.89 bits per heavy atom. The zero-order valence-corrected chi connectivity index (χ0v) is 14.5. The third kappa shape index (κ3) is 3.54. The molecule has 1 aliphatic rings. The number of rotatable bonds is 4. The third-order valence-electron chi connectivity index (χ3n) is 4.97. The Bertz CT molecular complexity index is 981. The van der Waals surface area contributed by atoms with Crippen molar-refractivity contribution in [3.05, 3.63) is 65.5 Å². The van der Waals surface area contributed by atoms with Gasteiger partial charge in [-0.15, -0.1) is 0 Å². The number of nitrogens with one attached hydrogen (secondary N) is 2. The number of benzene rings is 2. The predicted molar refractivity (Wildman–Crippen MR) is 94.8 cm³/mol. The maximum absolute atomic E-state index is 12.9. The Balaban J connectivity index is 1.71. The first-order valence-electron chi connectivity index (χ1n) is 8.75. The lowest BCUT2D eigenvalue weighted by Gasteiger charge is -2.20. The van der Waals surface area contributed by atoms with Gasteiger partial charge in [-0.3, -0.25) is 4.79 Å². The van der Waals surface area contributed by atoms with Crippen LogP contribution < -0.4 is 5.32 Å². The van der Waals surface area contributed by atoms with Crippen molar-refractivity contribution in [3.8, 4) is 0 Å². The van der Waals surface area contributed by atoms with Gasteiger partial charge in [0.15, 0.2) is 0 Å². The van der Waals surface area contributed by atoms with Crippen LogP contribution in [0.4, 0.5) is 13.2 Å². The summed E-state index contributed by atoms with van der Waals surface area (Å²) in [6, 6.07) is 13.8. The second kappa shape index (κ2) is 6.40. The van der Waals surface area contributed by atoms with Crippen LogP contribution in [0.25, 0.3) is 11.0 Å². The number of aromatic amines is 1. The van der Waals surface area contributed by atoms with Gasteiger partial charge in [0.25, 0.3) is 0 Å². The van der Waals surface area contributed by atoms with Crippen LogP contribution in [-0.4, -0.2) is 15.9 Å². The van der Waals surface area contributed by atoms with Gasteiger partial charge in [0.2, 0.25) is 11.7 Å². The summed E-state index contributed by atoms with van der Waals surface area (Å²) in [5.74, 6) is -0.687. The number of halogens is 3. The molecule has 1 aromatic heterocycles. The summed E-state index contributed by atoms with van der Waals surface area (Å²) in [5, 5.41) is 3.05. The molecule has 7 heteroatoms. The summed E-state index contributed by atoms with van der Waals surface area (Å²) < 4.78 is 38.7. The molecule has 1 aliphatic carbocycles. The molecule has 1 saturated carbocycles. The van der Waals surface area contributed by atoms with E-state index >= 15 is 0 Å². The van der Waals surface area contributed by atoms with Crippen LogP contribution in [0, 0.1) is 11.8 Å². The molecule has 0 aliphatic heterocycles. The van der Waals surface area contributed by atoms with Crippen LogP contribution in [0.5, 0.6) is 0 Å². The standard InChI is InChI=1S/C20H18F3N3O/c1-11-9-14(11)18(27)26-17(12-5-3-2-4-6-12)13-7-8-15-16(10-13)25-19(24-15)20(21,22)23/h2-8,10-11,14,17H,9H2,1H3,(H,24,25)(H,26,27)/t11-,14-,17+/m1/s1. The molecule has 0 saturated heterocycles. The van der Waals surface area contributed by atoms with E-state index in [9.17, 15) is 18.0 Å². The third-order valence-corrected chi connectivity index (χ3v) is 4.97. The minimum atomic E-state index is -4.53. The monoisotopic (exact) mass is 373 g/mol. The fraction of sp³-hybridized carbons (Fsp3) is 0.300. The number of nitrogens with zero attached hydrogens (tertiary/aromatic N) is 1. The van der Waals surface area contributed by atoms with Crippen LogP contribution in [0.3, 0.4) is 0 Å². The number of amides is 1. The second-order valence-corrected chi connectivity index (χ2v) is 7.03. The Kier molecular flexibility index (Phi) is 4.17. The fourth-order valence-electron chi connectivity index (χ4n) is 3.28. The van der Waals surface area contributed by atoms with E-state index in [-0.39, 0.29) is 22.9 Å². The van der Waals surface area contributed by atoms with E-state index in [0.29, 0.717) is 11.5 Å². The largest absolute Gasteiger partial charge is 0.449 e. The second-order valence-electron chi connectivity index (χ2n) is 7.03. The lowest BCUT2D eigenvalue weighted by Crippen LogP contribution is -2.30. The Hall–Kier alpha value is -2.83. The number of hydrogen-bond acceptors (Lipinski definition) is 2. The number of carbonyl (C=O) groups is 1. The topological polar surface area (TPSA) is 57.8 Å². The van der Waals surface area contributed by atoms with Gasteiger partial charge in [0.1, 0.15) is 0 Å². The van der Waals surface area contributed by atoms with Crippen molar-refractivity contribution in [1.29, 1.82) is 0 Å². The molecule has 140 valence electrons. The number of imidazole rings is 1. The van der Waals surface area contributed by atoms with E-state index in [1.807, 2.05) is 37.3 Å². The summed E-state index contributed by atoms with van der Waals surface area (Å²) in [4.78, 5) is 18.4. The molecule has 2 aromatic carbocycles. The average molecular weight is 373 g/mol. The minimum Gasteiger partial charge on any atom is -0.345 e. The summed E-state index contributed by atoms with van der Waals surface area (Å²) in [5.41, 5.74) is 2.09. The lowest BCUT2D eigenvalue weighted by atomic mass is 9.98. The number of fused-ring (bicyclic) bond motifs is 1. The summed E-state index contributed by atoms with van der Waals surface area (Å²) in [6.07, 6.45) is -3.67. The van der Waals surface area contributed by atoms with Crippen molar-refractivity contribution >= 4 is 16.9 Å². The summed E-state index contributed by atoms with van der Waals surface area (Å²) in [6.45, 7) is 2.02. The molecule has 3 aromatic rings. The van der Waals surface area contributed by atoms with E-state index in [4.69, 9.17) is 0 Å². The molecule has 4 nitrogen and oxygen atoms in total. The van der Waals surface area contributed by atoms with Gasteiger partial charge in [0, 0.05) is 5.92 Å². The van der Waals surface area contributed by atoms with E-state index in [2.05, 4.69) is 15.3 Å². The summed E-state index contributed by atoms with van der Waals surface area (Å²) in [7, 11) is 0. The first-order chi connectivity index (χ1) is 12.8. The zero-order valence-electron chi connectivity index (χ0n) is 14.5. The molecule has 1 amide bonds. The highest BCUT2D eigenvalue weighted by Crippen LogP contribution is 2.39. The molecule has 0 spiro atoms. The molecule has 2 N–H and O–H groups in total. The maximum Gasteiger partial charge on any atom is 0.449 e. The van der Waals surface area contributed by atoms with Crippen LogP contribution in [0.1, 0.15) is 36.3 Å². The van der Waals surface area contributed by atoms with Crippen LogP contribution >= 0.6 is 0 Å². The van der Waals surface area contributed by atoms with Crippen LogP contribution in [0.15, 0.2) is 48.5 Å². The molecule has 0 bridgehead atoms. The molecule has 0 radical (unpaired) electrons. The van der Waals surface area contributed by atoms with Gasteiger partial charge in [0.05, 0.1) is 17.1 Å². The van der Waals surface area contributed by atoms with Crippen molar-refractivity contribution in [2.45, 2.75) is 25.6 Å². The van der Waals surface area contributed by atoms with E-state index < -0.39 is 18.0 Å². The van der Waals surface area contributed by atoms with Crippen molar-refractivity contribution in [3.63, 3.8) is 0 Å². The maximum atomic E-state index is 12.9. The normalized spacial score (nSPS) is 20.4. The first-order valence-corrected chi connectivity index (χ1v) is 8.75.